The summed E-state index contributed by atoms with van der Waals surface area (Å²) in [5.74, 6) is 0.982. The smallest absolute Gasteiger partial charge is 0.270 e. The third-order valence-corrected chi connectivity index (χ3v) is 4.51. The van der Waals surface area contributed by atoms with Gasteiger partial charge in [0.2, 0.25) is 0 Å². The molecule has 6 nitrogen and oxygen atoms in total. The third-order valence-electron chi connectivity index (χ3n) is 4.30. The Bertz CT molecular complexity index is 709. The molecule has 0 N–H and O–H groups in total. The zero-order chi connectivity index (χ0) is 16.6. The number of carbonyl (C=O) groups excluding carboxylic acids is 1. The zero-order valence-electron chi connectivity index (χ0n) is 13.5. The van der Waals surface area contributed by atoms with Crippen molar-refractivity contribution in [2.24, 2.45) is 13.0 Å². The lowest BCUT2D eigenvalue weighted by Gasteiger charge is -2.16. The summed E-state index contributed by atoms with van der Waals surface area (Å²) in [4.78, 5) is 14.5. The summed E-state index contributed by atoms with van der Waals surface area (Å²) in [6.45, 7) is 3.08. The summed E-state index contributed by atoms with van der Waals surface area (Å²) in [6, 6.07) is 3.62. The summed E-state index contributed by atoms with van der Waals surface area (Å²) < 4.78 is 12.6. The van der Waals surface area contributed by atoms with E-state index in [1.807, 2.05) is 24.9 Å². The molecule has 1 fully saturated rings. The molecule has 7 heteroatoms. The Hall–Kier alpha value is -1.79. The molecule has 1 amide bonds. The Balaban J connectivity index is 1.73. The van der Waals surface area contributed by atoms with E-state index in [0.717, 1.165) is 11.5 Å². The van der Waals surface area contributed by atoms with Crippen LogP contribution in [0.1, 0.15) is 21.9 Å². The lowest BCUT2D eigenvalue weighted by molar-refractivity contribution is 0.0667. The van der Waals surface area contributed by atoms with E-state index in [1.165, 1.54) is 0 Å². The Morgan fingerprint density at radius 1 is 1.48 bits per heavy atom. The van der Waals surface area contributed by atoms with Crippen LogP contribution in [0.3, 0.4) is 0 Å². The first kappa shape index (κ1) is 16.1. The molecule has 2 aromatic rings. The molecule has 0 saturated carbocycles. The summed E-state index contributed by atoms with van der Waals surface area (Å²) >= 11 is 5.98. The molecule has 0 radical (unpaired) electrons. The standard InChI is InChI=1S/C16H20ClN3O3/c1-10-4-13(23-18-10)5-11-7-20(9-15(11)22-3)16(21)14-6-12(17)8-19(14)2/h4,6,8,11,15H,5,7,9H2,1-3H3/t11-,15+/m1/s1. The predicted molar refractivity (Wildman–Crippen MR) is 85.6 cm³/mol. The van der Waals surface area contributed by atoms with Gasteiger partial charge in [0, 0.05) is 51.8 Å². The largest absolute Gasteiger partial charge is 0.379 e. The normalized spacial score (nSPS) is 21.1. The van der Waals surface area contributed by atoms with E-state index in [4.69, 9.17) is 20.9 Å². The first-order chi connectivity index (χ1) is 11.0. The Morgan fingerprint density at radius 2 is 2.26 bits per heavy atom. The quantitative estimate of drug-likeness (QED) is 0.859. The second-order valence-corrected chi connectivity index (χ2v) is 6.47. The molecule has 0 aromatic carbocycles. The number of carbonyl (C=O) groups is 1. The van der Waals surface area contributed by atoms with Crippen LogP contribution in [-0.2, 0) is 18.2 Å². The van der Waals surface area contributed by atoms with Crippen molar-refractivity contribution in [1.82, 2.24) is 14.6 Å². The van der Waals surface area contributed by atoms with Crippen molar-refractivity contribution in [3.63, 3.8) is 0 Å². The number of ether oxygens (including phenoxy) is 1. The van der Waals surface area contributed by atoms with Crippen molar-refractivity contribution in [2.45, 2.75) is 19.4 Å². The van der Waals surface area contributed by atoms with Crippen molar-refractivity contribution in [2.75, 3.05) is 20.2 Å². The van der Waals surface area contributed by atoms with Crippen molar-refractivity contribution < 1.29 is 14.1 Å². The fraction of sp³-hybridized carbons (Fsp3) is 0.500. The monoisotopic (exact) mass is 337 g/mol. The van der Waals surface area contributed by atoms with Crippen LogP contribution in [0.25, 0.3) is 0 Å². The van der Waals surface area contributed by atoms with Crippen molar-refractivity contribution in [1.29, 1.82) is 0 Å². The second-order valence-electron chi connectivity index (χ2n) is 6.04. The van der Waals surface area contributed by atoms with Gasteiger partial charge < -0.3 is 18.7 Å². The fourth-order valence-electron chi connectivity index (χ4n) is 3.14. The summed E-state index contributed by atoms with van der Waals surface area (Å²) in [5, 5.41) is 4.47. The molecule has 124 valence electrons. The van der Waals surface area contributed by atoms with Crippen molar-refractivity contribution in [3.05, 3.63) is 40.5 Å². The minimum Gasteiger partial charge on any atom is -0.379 e. The van der Waals surface area contributed by atoms with Crippen LogP contribution in [0.5, 0.6) is 0 Å². The predicted octanol–water partition coefficient (Wildman–Crippen LogP) is 2.30. The number of amides is 1. The Labute approximate surface area is 139 Å². The average molecular weight is 338 g/mol. The molecule has 3 heterocycles. The molecule has 1 aliphatic rings. The summed E-state index contributed by atoms with van der Waals surface area (Å²) in [7, 11) is 3.49. The molecule has 2 aromatic heterocycles. The van der Waals surface area contributed by atoms with E-state index >= 15 is 0 Å². The van der Waals surface area contributed by atoms with Gasteiger partial charge in [0.1, 0.15) is 11.5 Å². The van der Waals surface area contributed by atoms with Gasteiger partial charge in [-0.3, -0.25) is 4.79 Å². The van der Waals surface area contributed by atoms with E-state index in [-0.39, 0.29) is 17.9 Å². The van der Waals surface area contributed by atoms with Gasteiger partial charge in [-0.05, 0) is 13.0 Å². The van der Waals surface area contributed by atoms with E-state index in [2.05, 4.69) is 5.16 Å². The molecule has 1 saturated heterocycles. The number of halogens is 1. The second kappa shape index (κ2) is 6.37. The van der Waals surface area contributed by atoms with Gasteiger partial charge in [-0.25, -0.2) is 0 Å². The lowest BCUT2D eigenvalue weighted by Crippen LogP contribution is -2.31. The highest BCUT2D eigenvalue weighted by Crippen LogP contribution is 2.26. The molecule has 0 unspecified atom stereocenters. The number of rotatable bonds is 4. The number of aryl methyl sites for hydroxylation is 2. The van der Waals surface area contributed by atoms with Crippen LogP contribution < -0.4 is 0 Å². The highest BCUT2D eigenvalue weighted by Gasteiger charge is 2.37. The number of aromatic nitrogens is 2. The van der Waals surface area contributed by atoms with Crippen LogP contribution in [0.2, 0.25) is 5.02 Å². The van der Waals surface area contributed by atoms with Crippen molar-refractivity contribution in [3.8, 4) is 0 Å². The van der Waals surface area contributed by atoms with Crippen LogP contribution in [0.15, 0.2) is 22.9 Å². The maximum absolute atomic E-state index is 12.7. The SMILES string of the molecule is CO[C@H]1CN(C(=O)c2cc(Cl)cn2C)C[C@H]1Cc1cc(C)no1. The molecule has 23 heavy (non-hydrogen) atoms. The number of hydrogen-bond donors (Lipinski definition) is 0. The van der Waals surface area contributed by atoms with E-state index in [0.29, 0.717) is 30.2 Å². The number of methoxy groups -OCH3 is 1. The van der Waals surface area contributed by atoms with Gasteiger partial charge in [-0.2, -0.15) is 0 Å². The highest BCUT2D eigenvalue weighted by molar-refractivity contribution is 6.31. The highest BCUT2D eigenvalue weighted by atomic mass is 35.5. The van der Waals surface area contributed by atoms with Gasteiger partial charge >= 0.3 is 0 Å². The summed E-state index contributed by atoms with van der Waals surface area (Å²) in [6.07, 6.45) is 2.42. The fourth-order valence-corrected chi connectivity index (χ4v) is 3.39. The third kappa shape index (κ3) is 3.28. The lowest BCUT2D eigenvalue weighted by atomic mass is 10.0. The molecule has 0 bridgehead atoms. The average Bonchev–Trinajstić information content (AvgIpc) is 3.18. The molecule has 2 atom stereocenters. The minimum absolute atomic E-state index is 0.0138. The van der Waals surface area contributed by atoms with Gasteiger partial charge in [-0.15, -0.1) is 0 Å². The molecular weight excluding hydrogens is 318 g/mol. The number of likely N-dealkylation sites (tertiary alicyclic amines) is 1. The summed E-state index contributed by atoms with van der Waals surface area (Å²) in [5.41, 5.74) is 1.44. The maximum Gasteiger partial charge on any atom is 0.270 e. The van der Waals surface area contributed by atoms with Gasteiger partial charge in [0.15, 0.2) is 0 Å². The van der Waals surface area contributed by atoms with Crippen molar-refractivity contribution >= 4 is 17.5 Å². The number of nitrogens with zero attached hydrogens (tertiary/aromatic N) is 3. The van der Waals surface area contributed by atoms with Crippen LogP contribution in [0, 0.1) is 12.8 Å². The molecule has 1 aliphatic heterocycles. The minimum atomic E-state index is -0.0299. The Morgan fingerprint density at radius 3 is 2.83 bits per heavy atom. The molecule has 0 aliphatic carbocycles. The van der Waals surface area contributed by atoms with Gasteiger partial charge in [-0.1, -0.05) is 16.8 Å². The van der Waals surface area contributed by atoms with Gasteiger partial charge in [0.25, 0.3) is 5.91 Å². The number of hydrogen-bond acceptors (Lipinski definition) is 4. The first-order valence-electron chi connectivity index (χ1n) is 7.54. The van der Waals surface area contributed by atoms with Crippen LogP contribution in [-0.4, -0.2) is 46.8 Å². The molecule has 0 spiro atoms. The van der Waals surface area contributed by atoms with Crippen LogP contribution in [0.4, 0.5) is 0 Å². The molecular formula is C16H20ClN3O3. The van der Waals surface area contributed by atoms with E-state index in [9.17, 15) is 4.79 Å². The van der Waals surface area contributed by atoms with E-state index in [1.54, 1.807) is 23.9 Å². The topological polar surface area (TPSA) is 60.5 Å². The van der Waals surface area contributed by atoms with Gasteiger partial charge in [0.05, 0.1) is 16.8 Å². The Kier molecular flexibility index (Phi) is 4.46. The zero-order valence-corrected chi connectivity index (χ0v) is 14.2. The van der Waals surface area contributed by atoms with Crippen LogP contribution >= 0.6 is 11.6 Å². The maximum atomic E-state index is 12.7. The first-order valence-corrected chi connectivity index (χ1v) is 7.92. The molecule has 3 rings (SSSR count). The van der Waals surface area contributed by atoms with E-state index < -0.39 is 0 Å².